The number of nitrogens with zero attached hydrogens (tertiary/aromatic N) is 2. The van der Waals surface area contributed by atoms with Gasteiger partial charge in [-0.25, -0.2) is 0 Å². The number of piperazine rings is 1. The van der Waals surface area contributed by atoms with Crippen LogP contribution in [-0.4, -0.2) is 48.1 Å². The standard InChI is InChI=1S/C17H17N3O2/c21-17-14-10-19-15(12-4-2-1-3-5-12)8-16(14)22-11-13-9-18-6-7-20(13)17/h1-5,8,10,13,18H,6-7,9,11H2. The number of aromatic nitrogens is 1. The summed E-state index contributed by atoms with van der Waals surface area (Å²) in [6.07, 6.45) is 1.64. The van der Waals surface area contributed by atoms with E-state index in [1.54, 1.807) is 6.20 Å². The zero-order valence-electron chi connectivity index (χ0n) is 12.2. The molecule has 0 radical (unpaired) electrons. The van der Waals surface area contributed by atoms with Gasteiger partial charge in [-0.1, -0.05) is 30.3 Å². The maximum absolute atomic E-state index is 12.7. The number of benzene rings is 1. The predicted octanol–water partition coefficient (Wildman–Crippen LogP) is 1.55. The van der Waals surface area contributed by atoms with Crippen molar-refractivity contribution in [2.75, 3.05) is 26.2 Å². The summed E-state index contributed by atoms with van der Waals surface area (Å²) in [7, 11) is 0. The van der Waals surface area contributed by atoms with Crippen LogP contribution in [0.5, 0.6) is 5.75 Å². The highest BCUT2D eigenvalue weighted by Gasteiger charge is 2.33. The molecule has 2 aliphatic heterocycles. The summed E-state index contributed by atoms with van der Waals surface area (Å²) < 4.78 is 5.91. The molecule has 5 heteroatoms. The largest absolute Gasteiger partial charge is 0.490 e. The van der Waals surface area contributed by atoms with E-state index in [2.05, 4.69) is 10.3 Å². The van der Waals surface area contributed by atoms with E-state index in [9.17, 15) is 4.79 Å². The summed E-state index contributed by atoms with van der Waals surface area (Å²) in [5, 5.41) is 3.31. The Hall–Kier alpha value is -2.40. The number of hydrogen-bond acceptors (Lipinski definition) is 4. The molecule has 5 nitrogen and oxygen atoms in total. The number of pyridine rings is 1. The van der Waals surface area contributed by atoms with E-state index in [0.29, 0.717) is 24.5 Å². The Balaban J connectivity index is 1.72. The van der Waals surface area contributed by atoms with Crippen molar-refractivity contribution in [3.05, 3.63) is 48.2 Å². The van der Waals surface area contributed by atoms with Gasteiger partial charge in [-0.05, 0) is 0 Å². The van der Waals surface area contributed by atoms with Crippen molar-refractivity contribution in [2.45, 2.75) is 6.04 Å². The molecule has 4 rings (SSSR count). The van der Waals surface area contributed by atoms with E-state index in [1.807, 2.05) is 41.3 Å². The average Bonchev–Trinajstić information content (AvgIpc) is 2.73. The van der Waals surface area contributed by atoms with Crippen molar-refractivity contribution in [1.29, 1.82) is 0 Å². The Morgan fingerprint density at radius 3 is 3.00 bits per heavy atom. The molecule has 1 unspecified atom stereocenters. The van der Waals surface area contributed by atoms with Gasteiger partial charge in [0.25, 0.3) is 5.91 Å². The Morgan fingerprint density at radius 2 is 2.14 bits per heavy atom. The maximum Gasteiger partial charge on any atom is 0.259 e. The summed E-state index contributed by atoms with van der Waals surface area (Å²) in [6, 6.07) is 11.9. The summed E-state index contributed by atoms with van der Waals surface area (Å²) in [6.45, 7) is 2.84. The summed E-state index contributed by atoms with van der Waals surface area (Å²) in [4.78, 5) is 19.0. The molecular weight excluding hydrogens is 278 g/mol. The summed E-state index contributed by atoms with van der Waals surface area (Å²) in [5.41, 5.74) is 2.40. The Morgan fingerprint density at radius 1 is 1.27 bits per heavy atom. The highest BCUT2D eigenvalue weighted by molar-refractivity contribution is 5.97. The fourth-order valence-corrected chi connectivity index (χ4v) is 3.00. The van der Waals surface area contributed by atoms with Crippen LogP contribution in [0.1, 0.15) is 10.4 Å². The lowest BCUT2D eigenvalue weighted by atomic mass is 10.1. The van der Waals surface area contributed by atoms with Crippen LogP contribution in [0.3, 0.4) is 0 Å². The molecule has 0 aliphatic carbocycles. The lowest BCUT2D eigenvalue weighted by molar-refractivity contribution is 0.0606. The van der Waals surface area contributed by atoms with Crippen molar-refractivity contribution >= 4 is 5.91 Å². The van der Waals surface area contributed by atoms with Crippen molar-refractivity contribution in [1.82, 2.24) is 15.2 Å². The minimum atomic E-state index is 0.0195. The zero-order valence-corrected chi connectivity index (χ0v) is 12.2. The molecule has 1 amide bonds. The van der Waals surface area contributed by atoms with Crippen LogP contribution in [0, 0.1) is 0 Å². The fraction of sp³-hybridized carbons (Fsp3) is 0.294. The summed E-state index contributed by atoms with van der Waals surface area (Å²) in [5.74, 6) is 0.652. The van der Waals surface area contributed by atoms with Gasteiger partial charge in [0.05, 0.1) is 17.3 Å². The molecule has 1 aromatic heterocycles. The molecule has 112 valence electrons. The molecule has 1 N–H and O–H groups in total. The SMILES string of the molecule is O=C1c2cnc(-c3ccccc3)cc2OCC2CNCCN12. The Kier molecular flexibility index (Phi) is 3.27. The third-order valence-corrected chi connectivity index (χ3v) is 4.21. The van der Waals surface area contributed by atoms with Crippen molar-refractivity contribution in [3.8, 4) is 17.0 Å². The predicted molar refractivity (Wildman–Crippen MR) is 82.9 cm³/mol. The number of nitrogens with one attached hydrogen (secondary N) is 1. The molecule has 1 aromatic carbocycles. The fourth-order valence-electron chi connectivity index (χ4n) is 3.00. The van der Waals surface area contributed by atoms with Gasteiger partial charge in [-0.3, -0.25) is 9.78 Å². The second-order valence-electron chi connectivity index (χ2n) is 5.60. The molecule has 2 aromatic rings. The summed E-state index contributed by atoms with van der Waals surface area (Å²) >= 11 is 0. The maximum atomic E-state index is 12.7. The number of ether oxygens (including phenoxy) is 1. The van der Waals surface area contributed by atoms with Crippen LogP contribution in [-0.2, 0) is 0 Å². The van der Waals surface area contributed by atoms with E-state index in [0.717, 1.165) is 24.3 Å². The van der Waals surface area contributed by atoms with Gasteiger partial charge in [0.1, 0.15) is 12.4 Å². The third-order valence-electron chi connectivity index (χ3n) is 4.21. The van der Waals surface area contributed by atoms with Gasteiger partial charge in [-0.2, -0.15) is 0 Å². The van der Waals surface area contributed by atoms with E-state index < -0.39 is 0 Å². The Bertz CT molecular complexity index is 702. The quantitative estimate of drug-likeness (QED) is 0.867. The number of carbonyl (C=O) groups is 1. The third kappa shape index (κ3) is 2.23. The van der Waals surface area contributed by atoms with E-state index >= 15 is 0 Å². The lowest BCUT2D eigenvalue weighted by Gasteiger charge is -2.33. The Labute approximate surface area is 128 Å². The number of carbonyl (C=O) groups excluding carboxylic acids is 1. The highest BCUT2D eigenvalue weighted by atomic mass is 16.5. The van der Waals surface area contributed by atoms with E-state index in [-0.39, 0.29) is 11.9 Å². The van der Waals surface area contributed by atoms with Crippen molar-refractivity contribution < 1.29 is 9.53 Å². The van der Waals surface area contributed by atoms with Crippen LogP contribution in [0.15, 0.2) is 42.6 Å². The van der Waals surface area contributed by atoms with Gasteiger partial charge in [0.2, 0.25) is 0 Å². The van der Waals surface area contributed by atoms with Gasteiger partial charge < -0.3 is 15.0 Å². The molecule has 2 aliphatic rings. The lowest BCUT2D eigenvalue weighted by Crippen LogP contribution is -2.54. The molecule has 0 bridgehead atoms. The molecule has 1 atom stereocenters. The van der Waals surface area contributed by atoms with Crippen LogP contribution in [0.4, 0.5) is 0 Å². The zero-order chi connectivity index (χ0) is 14.9. The number of fused-ring (bicyclic) bond motifs is 2. The van der Waals surface area contributed by atoms with Gasteiger partial charge in [-0.15, -0.1) is 0 Å². The second-order valence-corrected chi connectivity index (χ2v) is 5.60. The normalized spacial score (nSPS) is 20.6. The first kappa shape index (κ1) is 13.3. The molecule has 0 saturated carbocycles. The smallest absolute Gasteiger partial charge is 0.259 e. The minimum absolute atomic E-state index is 0.0195. The highest BCUT2D eigenvalue weighted by Crippen LogP contribution is 2.29. The minimum Gasteiger partial charge on any atom is -0.490 e. The molecule has 22 heavy (non-hydrogen) atoms. The molecule has 1 saturated heterocycles. The van der Waals surface area contributed by atoms with Crippen molar-refractivity contribution in [3.63, 3.8) is 0 Å². The monoisotopic (exact) mass is 295 g/mol. The molecule has 1 fully saturated rings. The number of hydrogen-bond donors (Lipinski definition) is 1. The number of rotatable bonds is 1. The van der Waals surface area contributed by atoms with Crippen LogP contribution >= 0.6 is 0 Å². The average molecular weight is 295 g/mol. The van der Waals surface area contributed by atoms with Gasteiger partial charge in [0, 0.05) is 37.5 Å². The van der Waals surface area contributed by atoms with Gasteiger partial charge >= 0.3 is 0 Å². The molecule has 0 spiro atoms. The molecule has 3 heterocycles. The van der Waals surface area contributed by atoms with E-state index in [4.69, 9.17) is 4.74 Å². The first-order chi connectivity index (χ1) is 10.8. The van der Waals surface area contributed by atoms with Crippen LogP contribution < -0.4 is 10.1 Å². The van der Waals surface area contributed by atoms with E-state index in [1.165, 1.54) is 0 Å². The number of amides is 1. The van der Waals surface area contributed by atoms with Crippen molar-refractivity contribution in [2.24, 2.45) is 0 Å². The van der Waals surface area contributed by atoms with Crippen LogP contribution in [0.2, 0.25) is 0 Å². The first-order valence-electron chi connectivity index (χ1n) is 7.53. The van der Waals surface area contributed by atoms with Crippen LogP contribution in [0.25, 0.3) is 11.3 Å². The second kappa shape index (κ2) is 5.42. The first-order valence-corrected chi connectivity index (χ1v) is 7.53. The molecular formula is C17H17N3O2. The van der Waals surface area contributed by atoms with Gasteiger partial charge in [0.15, 0.2) is 0 Å². The topological polar surface area (TPSA) is 54.5 Å².